The van der Waals surface area contributed by atoms with Crippen molar-refractivity contribution in [2.45, 2.75) is 18.9 Å². The van der Waals surface area contributed by atoms with Gasteiger partial charge >= 0.3 is 5.97 Å². The highest BCUT2D eigenvalue weighted by molar-refractivity contribution is 6.14. The Bertz CT molecular complexity index is 1020. The molecule has 1 aliphatic rings. The first kappa shape index (κ1) is 21.8. The van der Waals surface area contributed by atoms with E-state index in [0.717, 1.165) is 5.56 Å². The van der Waals surface area contributed by atoms with Crippen LogP contribution in [0.4, 0.5) is 0 Å². The molecule has 3 rings (SSSR count). The Kier molecular flexibility index (Phi) is 6.87. The summed E-state index contributed by atoms with van der Waals surface area (Å²) in [6.45, 7) is 0.0884. The Morgan fingerprint density at radius 2 is 1.77 bits per heavy atom. The fourth-order valence-electron chi connectivity index (χ4n) is 3.50. The minimum absolute atomic E-state index is 0.0299. The highest BCUT2D eigenvalue weighted by Crippen LogP contribution is 2.38. The summed E-state index contributed by atoms with van der Waals surface area (Å²) in [5, 5.41) is 19.5. The van der Waals surface area contributed by atoms with E-state index in [1.54, 1.807) is 30.3 Å². The number of carboxylic acids is 1. The number of benzene rings is 2. The molecule has 2 N–H and O–H groups in total. The number of carbonyl (C=O) groups is 3. The lowest BCUT2D eigenvalue weighted by Gasteiger charge is -2.26. The first-order valence-corrected chi connectivity index (χ1v) is 9.79. The molecule has 1 atom stereocenters. The topological polar surface area (TPSA) is 104 Å². The van der Waals surface area contributed by atoms with Gasteiger partial charge in [-0.25, -0.2) is 0 Å². The van der Waals surface area contributed by atoms with Crippen molar-refractivity contribution in [3.05, 3.63) is 83.1 Å². The van der Waals surface area contributed by atoms with Crippen LogP contribution in [0, 0.1) is 0 Å². The van der Waals surface area contributed by atoms with E-state index >= 15 is 0 Å². The summed E-state index contributed by atoms with van der Waals surface area (Å²) in [6, 6.07) is 15.2. The quantitative estimate of drug-likeness (QED) is 0.600. The molecule has 1 unspecified atom stereocenters. The average Bonchev–Trinajstić information content (AvgIpc) is 3.03. The normalized spacial score (nSPS) is 16.2. The molecule has 1 heterocycles. The predicted octanol–water partition coefficient (Wildman–Crippen LogP) is 3.54. The monoisotopic (exact) mass is 421 g/mol. The Morgan fingerprint density at radius 1 is 1.10 bits per heavy atom. The molecule has 2 aromatic rings. The summed E-state index contributed by atoms with van der Waals surface area (Å²) in [5.74, 6) is -2.17. The van der Waals surface area contributed by atoms with Gasteiger partial charge in [-0.2, -0.15) is 0 Å². The van der Waals surface area contributed by atoms with Crippen LogP contribution in [0.15, 0.2) is 72.0 Å². The summed E-state index contributed by atoms with van der Waals surface area (Å²) in [7, 11) is 1.53. The van der Waals surface area contributed by atoms with Gasteiger partial charge in [0.05, 0.1) is 18.7 Å². The molecule has 0 aliphatic carbocycles. The third kappa shape index (κ3) is 5.01. The number of rotatable bonds is 9. The third-order valence-corrected chi connectivity index (χ3v) is 5.02. The average molecular weight is 421 g/mol. The van der Waals surface area contributed by atoms with Gasteiger partial charge < -0.3 is 19.8 Å². The first-order chi connectivity index (χ1) is 14.9. The van der Waals surface area contributed by atoms with Crippen LogP contribution in [0.2, 0.25) is 0 Å². The number of hydrogen-bond acceptors (Lipinski definition) is 5. The van der Waals surface area contributed by atoms with Crippen molar-refractivity contribution < 1.29 is 29.3 Å². The van der Waals surface area contributed by atoms with Crippen LogP contribution in [0.3, 0.4) is 0 Å². The van der Waals surface area contributed by atoms with Crippen LogP contribution in [0.1, 0.15) is 30.0 Å². The van der Waals surface area contributed by atoms with E-state index in [-0.39, 0.29) is 25.0 Å². The predicted molar refractivity (Wildman–Crippen MR) is 114 cm³/mol. The number of methoxy groups -OCH3 is 1. The number of hydrogen-bond donors (Lipinski definition) is 2. The number of aliphatic hydroxyl groups excluding tert-OH is 1. The molecule has 0 saturated carbocycles. The maximum atomic E-state index is 13.0. The van der Waals surface area contributed by atoms with Crippen molar-refractivity contribution in [3.63, 3.8) is 0 Å². The second-order valence-electron chi connectivity index (χ2n) is 7.04. The van der Waals surface area contributed by atoms with Gasteiger partial charge in [-0.3, -0.25) is 14.4 Å². The number of aliphatic carboxylic acids is 1. The SMILES string of the molecule is COc1ccc(C2C(C(=O)/C=C/c3ccccc3)=C(O)C(=O)N2CCCC(=O)O)cc1. The van der Waals surface area contributed by atoms with E-state index in [9.17, 15) is 19.5 Å². The number of aliphatic hydroxyl groups is 1. The zero-order chi connectivity index (χ0) is 22.4. The van der Waals surface area contributed by atoms with Gasteiger partial charge in [0.1, 0.15) is 5.75 Å². The number of ketones is 1. The van der Waals surface area contributed by atoms with Crippen LogP contribution in [0.5, 0.6) is 5.75 Å². The molecular formula is C24H23NO6. The van der Waals surface area contributed by atoms with Gasteiger partial charge in [0, 0.05) is 13.0 Å². The van der Waals surface area contributed by atoms with Crippen molar-refractivity contribution in [3.8, 4) is 5.75 Å². The van der Waals surface area contributed by atoms with E-state index in [2.05, 4.69) is 0 Å². The second kappa shape index (κ2) is 9.75. The van der Waals surface area contributed by atoms with Crippen LogP contribution < -0.4 is 4.74 Å². The molecule has 0 bridgehead atoms. The van der Waals surface area contributed by atoms with Gasteiger partial charge in [-0.15, -0.1) is 0 Å². The van der Waals surface area contributed by atoms with Crippen LogP contribution in [-0.4, -0.2) is 46.4 Å². The van der Waals surface area contributed by atoms with E-state index < -0.39 is 29.5 Å². The fraction of sp³-hybridized carbons (Fsp3) is 0.208. The maximum Gasteiger partial charge on any atom is 0.303 e. The lowest BCUT2D eigenvalue weighted by atomic mass is 9.95. The van der Waals surface area contributed by atoms with Crippen molar-refractivity contribution >= 4 is 23.7 Å². The van der Waals surface area contributed by atoms with E-state index in [1.165, 1.54) is 18.1 Å². The lowest BCUT2D eigenvalue weighted by molar-refractivity contribution is -0.138. The molecule has 160 valence electrons. The number of amides is 1. The number of nitrogens with zero attached hydrogens (tertiary/aromatic N) is 1. The van der Waals surface area contributed by atoms with E-state index in [4.69, 9.17) is 9.84 Å². The molecular weight excluding hydrogens is 398 g/mol. The molecule has 31 heavy (non-hydrogen) atoms. The molecule has 7 heteroatoms. The summed E-state index contributed by atoms with van der Waals surface area (Å²) < 4.78 is 5.17. The number of ether oxygens (including phenoxy) is 1. The Balaban J connectivity index is 1.94. The molecule has 7 nitrogen and oxygen atoms in total. The molecule has 0 fully saturated rings. The van der Waals surface area contributed by atoms with Crippen molar-refractivity contribution in [2.24, 2.45) is 0 Å². The summed E-state index contributed by atoms with van der Waals surface area (Å²) in [5.41, 5.74) is 1.39. The minimum Gasteiger partial charge on any atom is -0.503 e. The van der Waals surface area contributed by atoms with E-state index in [0.29, 0.717) is 11.3 Å². The zero-order valence-electron chi connectivity index (χ0n) is 17.0. The van der Waals surface area contributed by atoms with Crippen LogP contribution >= 0.6 is 0 Å². The van der Waals surface area contributed by atoms with Crippen molar-refractivity contribution in [2.75, 3.05) is 13.7 Å². The van der Waals surface area contributed by atoms with E-state index in [1.807, 2.05) is 30.3 Å². The molecule has 1 aliphatic heterocycles. The van der Waals surface area contributed by atoms with Gasteiger partial charge in [-0.05, 0) is 35.8 Å². The summed E-state index contributed by atoms with van der Waals surface area (Å²) >= 11 is 0. The van der Waals surface area contributed by atoms with Gasteiger partial charge in [0.2, 0.25) is 0 Å². The number of carbonyl (C=O) groups excluding carboxylic acids is 2. The molecule has 0 saturated heterocycles. The highest BCUT2D eigenvalue weighted by atomic mass is 16.5. The molecule has 0 aromatic heterocycles. The van der Waals surface area contributed by atoms with Crippen molar-refractivity contribution in [1.82, 2.24) is 4.90 Å². The first-order valence-electron chi connectivity index (χ1n) is 9.79. The van der Waals surface area contributed by atoms with Gasteiger partial charge in [0.15, 0.2) is 11.5 Å². The Labute approximate surface area is 179 Å². The van der Waals surface area contributed by atoms with Crippen LogP contribution in [-0.2, 0) is 14.4 Å². The molecule has 2 aromatic carbocycles. The third-order valence-electron chi connectivity index (χ3n) is 5.02. The molecule has 0 spiro atoms. The molecule has 1 amide bonds. The zero-order valence-corrected chi connectivity index (χ0v) is 17.0. The Morgan fingerprint density at radius 3 is 2.39 bits per heavy atom. The van der Waals surface area contributed by atoms with Crippen molar-refractivity contribution in [1.29, 1.82) is 0 Å². The second-order valence-corrected chi connectivity index (χ2v) is 7.04. The lowest BCUT2D eigenvalue weighted by Crippen LogP contribution is -2.32. The Hall–Kier alpha value is -3.87. The fourth-order valence-corrected chi connectivity index (χ4v) is 3.50. The van der Waals surface area contributed by atoms with Gasteiger partial charge in [0.25, 0.3) is 5.91 Å². The number of carboxylic acid groups (broad SMARTS) is 1. The van der Waals surface area contributed by atoms with Crippen LogP contribution in [0.25, 0.3) is 6.08 Å². The maximum absolute atomic E-state index is 13.0. The standard InChI is InChI=1S/C24H23NO6/c1-31-18-12-10-17(11-13-18)22-21(19(26)14-9-16-6-3-2-4-7-16)23(29)24(30)25(22)15-5-8-20(27)28/h2-4,6-7,9-14,22,29H,5,8,15H2,1H3,(H,27,28)/b14-9+. The number of allylic oxidation sites excluding steroid dienone is 1. The largest absolute Gasteiger partial charge is 0.503 e. The summed E-state index contributed by atoms with van der Waals surface area (Å²) in [4.78, 5) is 38.0. The van der Waals surface area contributed by atoms with Gasteiger partial charge in [-0.1, -0.05) is 48.5 Å². The smallest absolute Gasteiger partial charge is 0.303 e. The summed E-state index contributed by atoms with van der Waals surface area (Å²) in [6.07, 6.45) is 3.01. The highest BCUT2D eigenvalue weighted by Gasteiger charge is 2.42. The minimum atomic E-state index is -0.980. The molecule has 0 radical (unpaired) electrons.